The Bertz CT molecular complexity index is 2280. The molecule has 3 heterocycles. The van der Waals surface area contributed by atoms with Gasteiger partial charge in [-0.2, -0.15) is 0 Å². The number of carbonyl (C=O) groups excluding carboxylic acids is 6. The quantitative estimate of drug-likeness (QED) is 0.0953. The summed E-state index contributed by atoms with van der Waals surface area (Å²) in [5.41, 5.74) is -11.0. The van der Waals surface area contributed by atoms with Crippen LogP contribution in [0.15, 0.2) is 0 Å². The fourth-order valence-corrected chi connectivity index (χ4v) is 20.7. The second-order valence-corrected chi connectivity index (χ2v) is 29.4. The van der Waals surface area contributed by atoms with E-state index in [1.165, 1.54) is 0 Å². The molecule has 0 radical (unpaired) electrons. The SMILES string of the molecule is CC1C(=O)OC(=O)C1C(C)(C)C(C)(CC(C)(C)C(C)(CC(C)(C)C1C(C)C2CC1C1COC(=O)C21)C(=O)OC12CC3CC(C1)CC(C(=O)OC1CCCCO1)(C3)C2)C(=O)OC12CC3CC(O)(CC(O)(C3)C1)C2. The van der Waals surface area contributed by atoms with Crippen LogP contribution in [0.3, 0.4) is 0 Å². The third-order valence-corrected chi connectivity index (χ3v) is 23.2. The molecule has 3 aliphatic heterocycles. The molecule has 3 saturated heterocycles. The number of hydrogen-bond donors (Lipinski definition) is 2. The van der Waals surface area contributed by atoms with E-state index in [9.17, 15) is 29.4 Å². The van der Waals surface area contributed by atoms with Crippen LogP contribution in [0.4, 0.5) is 0 Å². The van der Waals surface area contributed by atoms with Crippen LogP contribution in [-0.2, 0) is 57.2 Å². The van der Waals surface area contributed by atoms with E-state index in [-0.39, 0.29) is 90.9 Å². The van der Waals surface area contributed by atoms with Crippen LogP contribution in [0.1, 0.15) is 185 Å². The Hall–Kier alpha value is -3.10. The van der Waals surface area contributed by atoms with Crippen LogP contribution in [-0.4, -0.2) is 87.9 Å². The van der Waals surface area contributed by atoms with E-state index in [2.05, 4.69) is 20.8 Å². The van der Waals surface area contributed by atoms with Crippen molar-refractivity contribution in [1.82, 2.24) is 0 Å². The first-order valence-corrected chi connectivity index (χ1v) is 28.1. The van der Waals surface area contributed by atoms with Gasteiger partial charge in [-0.1, -0.05) is 55.4 Å². The number of hydrogen-bond acceptors (Lipinski definition) is 14. The standard InChI is InChI=1S/C58H84O14/c1-31-36-16-37(38-24-68-44(60)40(36)38)41(31)49(3,4)25-52(9,46(62)71-57-21-33-15-34(22-57)18-54(17-33,27-57)48(64)69-39-13-11-12-14-67-39)50(5,6)26-53(10,51(7,8)42-32(2)43(59)70-45(42)61)47(63)72-58-23-35-19-55(65,29-58)28-56(66,20-35)30-58/h31-42,65-66H,11-30H2,1-10H3. The minimum Gasteiger partial charge on any atom is -0.465 e. The van der Waals surface area contributed by atoms with E-state index in [1.807, 2.05) is 34.6 Å². The molecule has 13 aliphatic rings. The summed E-state index contributed by atoms with van der Waals surface area (Å²) >= 11 is 0. The van der Waals surface area contributed by atoms with E-state index in [0.717, 1.165) is 25.7 Å². The molecule has 0 aromatic rings. The van der Waals surface area contributed by atoms with Crippen molar-refractivity contribution >= 4 is 35.8 Å². The van der Waals surface area contributed by atoms with E-state index < -0.39 is 96.9 Å². The molecule has 72 heavy (non-hydrogen) atoms. The highest BCUT2D eigenvalue weighted by Gasteiger charge is 2.71. The van der Waals surface area contributed by atoms with Crippen molar-refractivity contribution < 1.29 is 67.4 Å². The zero-order chi connectivity index (χ0) is 51.8. The summed E-state index contributed by atoms with van der Waals surface area (Å²) in [6.45, 7) is 20.9. The van der Waals surface area contributed by atoms with Crippen molar-refractivity contribution in [3.05, 3.63) is 0 Å². The summed E-state index contributed by atoms with van der Waals surface area (Å²) in [5.74, 6) is -3.54. The van der Waals surface area contributed by atoms with E-state index in [1.54, 1.807) is 13.8 Å². The van der Waals surface area contributed by atoms with Gasteiger partial charge in [-0.25, -0.2) is 0 Å². The zero-order valence-electron chi connectivity index (χ0n) is 44.9. The fourth-order valence-electron chi connectivity index (χ4n) is 20.7. The van der Waals surface area contributed by atoms with Crippen molar-refractivity contribution in [2.45, 2.75) is 214 Å². The van der Waals surface area contributed by atoms with Crippen LogP contribution in [0, 0.1) is 97.6 Å². The molecule has 14 heteroatoms. The van der Waals surface area contributed by atoms with Crippen molar-refractivity contribution in [1.29, 1.82) is 0 Å². The average molecular weight is 1010 g/mol. The minimum absolute atomic E-state index is 0.0292. The van der Waals surface area contributed by atoms with Gasteiger partial charge < -0.3 is 38.6 Å². The number of aliphatic hydroxyl groups is 2. The van der Waals surface area contributed by atoms with Crippen LogP contribution < -0.4 is 0 Å². The molecule has 0 aromatic carbocycles. The normalized spacial score (nSPS) is 46.4. The number of rotatable bonds is 14. The lowest BCUT2D eigenvalue weighted by molar-refractivity contribution is -0.268. The predicted octanol–water partition coefficient (Wildman–Crippen LogP) is 8.58. The van der Waals surface area contributed by atoms with Gasteiger partial charge >= 0.3 is 35.8 Å². The summed E-state index contributed by atoms with van der Waals surface area (Å²) in [7, 11) is 0. The number of cyclic esters (lactones) is 3. The summed E-state index contributed by atoms with van der Waals surface area (Å²) in [6.07, 6.45) is 9.47. The number of esters is 6. The second kappa shape index (κ2) is 16.2. The molecule has 15 unspecified atom stereocenters. The lowest BCUT2D eigenvalue weighted by atomic mass is 9.47. The molecule has 400 valence electrons. The molecule has 0 spiro atoms. The second-order valence-electron chi connectivity index (χ2n) is 29.4. The molecular formula is C58H84O14. The largest absolute Gasteiger partial charge is 0.465 e. The van der Waals surface area contributed by atoms with Gasteiger partial charge in [0.15, 0.2) is 0 Å². The number of fused-ring (bicyclic) bond motifs is 5. The number of carbonyl (C=O) groups is 6. The molecule has 13 rings (SSSR count). The minimum atomic E-state index is -1.57. The smallest absolute Gasteiger partial charge is 0.318 e. The maximum Gasteiger partial charge on any atom is 0.318 e. The van der Waals surface area contributed by atoms with Gasteiger partial charge in [0.1, 0.15) is 11.2 Å². The molecule has 0 amide bonds. The van der Waals surface area contributed by atoms with Gasteiger partial charge in [-0.3, -0.25) is 28.8 Å². The third-order valence-electron chi connectivity index (χ3n) is 23.2. The first-order chi connectivity index (χ1) is 33.4. The molecule has 2 N–H and O–H groups in total. The molecule has 10 aliphatic carbocycles. The van der Waals surface area contributed by atoms with Gasteiger partial charge in [-0.15, -0.1) is 0 Å². The summed E-state index contributed by atoms with van der Waals surface area (Å²) in [4.78, 5) is 86.9. The van der Waals surface area contributed by atoms with Gasteiger partial charge in [0, 0.05) is 38.0 Å². The van der Waals surface area contributed by atoms with E-state index >= 15 is 9.59 Å². The van der Waals surface area contributed by atoms with Crippen molar-refractivity contribution in [2.24, 2.45) is 97.6 Å². The van der Waals surface area contributed by atoms with Crippen LogP contribution in [0.5, 0.6) is 0 Å². The molecule has 10 saturated carbocycles. The first-order valence-electron chi connectivity index (χ1n) is 28.1. The van der Waals surface area contributed by atoms with Gasteiger partial charge in [0.2, 0.25) is 6.29 Å². The van der Waals surface area contributed by atoms with Crippen LogP contribution in [0.25, 0.3) is 0 Å². The Kier molecular flexibility index (Phi) is 11.5. The highest BCUT2D eigenvalue weighted by atomic mass is 16.7. The third kappa shape index (κ3) is 7.65. The zero-order valence-corrected chi connectivity index (χ0v) is 44.9. The van der Waals surface area contributed by atoms with Crippen molar-refractivity contribution in [3.63, 3.8) is 0 Å². The van der Waals surface area contributed by atoms with E-state index in [4.69, 9.17) is 28.4 Å². The summed E-state index contributed by atoms with van der Waals surface area (Å²) < 4.78 is 37.1. The number of ether oxygens (including phenoxy) is 6. The lowest BCUT2D eigenvalue weighted by Crippen LogP contribution is -2.67. The molecule has 13 fully saturated rings. The maximum atomic E-state index is 16.3. The molecular weight excluding hydrogens is 921 g/mol. The topological polar surface area (TPSA) is 198 Å². The highest BCUT2D eigenvalue weighted by Crippen LogP contribution is 2.70. The summed E-state index contributed by atoms with van der Waals surface area (Å²) in [5, 5.41) is 23.7. The van der Waals surface area contributed by atoms with Crippen LogP contribution in [0.2, 0.25) is 0 Å². The maximum absolute atomic E-state index is 16.3. The van der Waals surface area contributed by atoms with Crippen LogP contribution >= 0.6 is 0 Å². The van der Waals surface area contributed by atoms with E-state index in [0.29, 0.717) is 77.4 Å². The molecule has 15 atom stereocenters. The predicted molar refractivity (Wildman–Crippen MR) is 258 cm³/mol. The van der Waals surface area contributed by atoms with Gasteiger partial charge in [0.25, 0.3) is 0 Å². The van der Waals surface area contributed by atoms with Crippen molar-refractivity contribution in [2.75, 3.05) is 13.2 Å². The Morgan fingerprint density at radius 2 is 1.29 bits per heavy atom. The molecule has 0 aromatic heterocycles. The first kappa shape index (κ1) is 51.0. The monoisotopic (exact) mass is 1000 g/mol. The van der Waals surface area contributed by atoms with Gasteiger partial charge in [-0.05, 0) is 155 Å². The Labute approximate surface area is 426 Å². The van der Waals surface area contributed by atoms with Crippen molar-refractivity contribution in [3.8, 4) is 0 Å². The Morgan fingerprint density at radius 1 is 0.667 bits per heavy atom. The lowest BCUT2D eigenvalue weighted by Gasteiger charge is -2.63. The Balaban J connectivity index is 0.968. The average Bonchev–Trinajstić information content (AvgIpc) is 3.98. The highest BCUT2D eigenvalue weighted by molar-refractivity contribution is 5.97. The summed E-state index contributed by atoms with van der Waals surface area (Å²) in [6, 6.07) is 0. The van der Waals surface area contributed by atoms with Gasteiger partial charge in [0.05, 0.1) is 58.4 Å². The fraction of sp³-hybridized carbons (Fsp3) is 0.897. The molecule has 14 nitrogen and oxygen atoms in total. The molecule has 10 bridgehead atoms. The Morgan fingerprint density at radius 3 is 1.89 bits per heavy atom.